The first-order chi connectivity index (χ1) is 9.65. The van der Waals surface area contributed by atoms with E-state index in [1.54, 1.807) is 0 Å². The van der Waals surface area contributed by atoms with Crippen molar-refractivity contribution < 1.29 is 5.11 Å². The number of rotatable bonds is 3. The normalized spacial score (nSPS) is 16.8. The highest BCUT2D eigenvalue weighted by Gasteiger charge is 2.20. The van der Waals surface area contributed by atoms with Gasteiger partial charge in [0.25, 0.3) is 0 Å². The van der Waals surface area contributed by atoms with E-state index in [1.165, 1.54) is 24.8 Å². The molecule has 3 heteroatoms. The van der Waals surface area contributed by atoms with Gasteiger partial charge in [-0.2, -0.15) is 0 Å². The highest BCUT2D eigenvalue weighted by molar-refractivity contribution is 14.1. The Bertz CT molecular complexity index is 622. The molecule has 1 atom stereocenters. The van der Waals surface area contributed by atoms with Crippen LogP contribution in [0.15, 0.2) is 42.5 Å². The molecule has 1 N–H and O–H groups in total. The Morgan fingerprint density at radius 3 is 2.50 bits per heavy atom. The molecule has 0 heterocycles. The molecule has 1 aliphatic rings. The highest BCUT2D eigenvalue weighted by atomic mass is 127. The van der Waals surface area contributed by atoms with Gasteiger partial charge in [-0.3, -0.25) is 0 Å². The minimum Gasteiger partial charge on any atom is -0.384 e. The predicted molar refractivity (Wildman–Crippen MR) is 91.3 cm³/mol. The summed E-state index contributed by atoms with van der Waals surface area (Å²) in [5.41, 5.74) is 3.15. The quantitative estimate of drug-likeness (QED) is 0.696. The molecule has 104 valence electrons. The fourth-order valence-electron chi connectivity index (χ4n) is 2.60. The predicted octanol–water partition coefficient (Wildman–Crippen LogP) is 5.29. The smallest absolute Gasteiger partial charge is 0.104 e. The van der Waals surface area contributed by atoms with Gasteiger partial charge in [-0.05, 0) is 70.2 Å². The third kappa shape index (κ3) is 2.87. The molecule has 1 fully saturated rings. The summed E-state index contributed by atoms with van der Waals surface area (Å²) < 4.78 is 1.00. The summed E-state index contributed by atoms with van der Waals surface area (Å²) >= 11 is 8.33. The summed E-state index contributed by atoms with van der Waals surface area (Å²) in [6, 6.07) is 14.1. The number of hydrogen-bond acceptors (Lipinski definition) is 1. The molecule has 0 bridgehead atoms. The molecule has 0 spiro atoms. The van der Waals surface area contributed by atoms with E-state index < -0.39 is 6.10 Å². The third-order valence-corrected chi connectivity index (χ3v) is 5.63. The Labute approximate surface area is 138 Å². The van der Waals surface area contributed by atoms with E-state index in [0.29, 0.717) is 10.9 Å². The number of halogens is 2. The first-order valence-electron chi connectivity index (χ1n) is 6.88. The van der Waals surface area contributed by atoms with Gasteiger partial charge in [0.2, 0.25) is 0 Å². The average molecular weight is 399 g/mol. The third-order valence-electron chi connectivity index (χ3n) is 4.06. The lowest BCUT2D eigenvalue weighted by atomic mass is 9.79. The lowest BCUT2D eigenvalue weighted by molar-refractivity contribution is 0.220. The highest BCUT2D eigenvalue weighted by Crippen LogP contribution is 2.37. The van der Waals surface area contributed by atoms with Crippen LogP contribution in [0.25, 0.3) is 0 Å². The van der Waals surface area contributed by atoms with E-state index in [-0.39, 0.29) is 0 Å². The van der Waals surface area contributed by atoms with Gasteiger partial charge in [0, 0.05) is 3.57 Å². The molecule has 1 aliphatic carbocycles. The maximum absolute atomic E-state index is 10.5. The maximum atomic E-state index is 10.5. The van der Waals surface area contributed by atoms with Crippen LogP contribution in [0.5, 0.6) is 0 Å². The van der Waals surface area contributed by atoms with Crippen LogP contribution in [-0.4, -0.2) is 5.11 Å². The average Bonchev–Trinajstić information content (AvgIpc) is 2.39. The van der Waals surface area contributed by atoms with Crippen molar-refractivity contribution in [1.29, 1.82) is 0 Å². The van der Waals surface area contributed by atoms with Crippen LogP contribution in [0.3, 0.4) is 0 Å². The molecule has 2 aromatic rings. The molecule has 0 amide bonds. The molecule has 0 aromatic heterocycles. The minimum absolute atomic E-state index is 0.607. The SMILES string of the molecule is OC(c1cccc(C2CCC2)c1)c1ccc(I)c(Cl)c1. The van der Waals surface area contributed by atoms with Crippen molar-refractivity contribution in [1.82, 2.24) is 0 Å². The first-order valence-corrected chi connectivity index (χ1v) is 8.33. The molecule has 0 aliphatic heterocycles. The van der Waals surface area contributed by atoms with Gasteiger partial charge in [-0.15, -0.1) is 0 Å². The Kier molecular flexibility index (Phi) is 4.34. The van der Waals surface area contributed by atoms with Crippen molar-refractivity contribution in [2.75, 3.05) is 0 Å². The fraction of sp³-hybridized carbons (Fsp3) is 0.294. The number of hydrogen-bond donors (Lipinski definition) is 1. The summed E-state index contributed by atoms with van der Waals surface area (Å²) in [6.45, 7) is 0. The zero-order valence-electron chi connectivity index (χ0n) is 11.0. The Hall–Kier alpha value is -0.580. The number of aliphatic hydroxyl groups is 1. The van der Waals surface area contributed by atoms with Gasteiger partial charge in [0.1, 0.15) is 6.10 Å². The Balaban J connectivity index is 1.89. The van der Waals surface area contributed by atoms with Crippen molar-refractivity contribution in [2.24, 2.45) is 0 Å². The topological polar surface area (TPSA) is 20.2 Å². The molecule has 20 heavy (non-hydrogen) atoms. The summed E-state index contributed by atoms with van der Waals surface area (Å²) in [6.07, 6.45) is 3.26. The van der Waals surface area contributed by atoms with Gasteiger partial charge in [0.05, 0.1) is 5.02 Å². The maximum Gasteiger partial charge on any atom is 0.104 e. The molecular weight excluding hydrogens is 383 g/mol. The second-order valence-electron chi connectivity index (χ2n) is 5.37. The first kappa shape index (κ1) is 14.4. The van der Waals surface area contributed by atoms with Gasteiger partial charge in [0.15, 0.2) is 0 Å². The molecule has 0 radical (unpaired) electrons. The second-order valence-corrected chi connectivity index (χ2v) is 6.94. The van der Waals surface area contributed by atoms with Crippen LogP contribution in [0.4, 0.5) is 0 Å². The van der Waals surface area contributed by atoms with Crippen LogP contribution in [0.1, 0.15) is 48.0 Å². The van der Waals surface area contributed by atoms with E-state index in [0.717, 1.165) is 14.7 Å². The molecule has 1 unspecified atom stereocenters. The lowest BCUT2D eigenvalue weighted by Gasteiger charge is -2.26. The van der Waals surface area contributed by atoms with Crippen LogP contribution < -0.4 is 0 Å². The standard InChI is InChI=1S/C17H16ClIO/c18-15-10-14(7-8-16(15)19)17(20)13-6-2-5-12(9-13)11-3-1-4-11/h2,5-11,17,20H,1,3-4H2. The summed E-state index contributed by atoms with van der Waals surface area (Å²) in [5, 5.41) is 11.2. The molecule has 3 rings (SSSR count). The monoisotopic (exact) mass is 398 g/mol. The van der Waals surface area contributed by atoms with Crippen molar-refractivity contribution in [3.8, 4) is 0 Å². The largest absolute Gasteiger partial charge is 0.384 e. The summed E-state index contributed by atoms with van der Waals surface area (Å²) in [7, 11) is 0. The zero-order valence-corrected chi connectivity index (χ0v) is 13.9. The van der Waals surface area contributed by atoms with Crippen molar-refractivity contribution >= 4 is 34.2 Å². The van der Waals surface area contributed by atoms with Gasteiger partial charge >= 0.3 is 0 Å². The molecule has 1 saturated carbocycles. The van der Waals surface area contributed by atoms with E-state index in [1.807, 2.05) is 30.3 Å². The summed E-state index contributed by atoms with van der Waals surface area (Å²) in [5.74, 6) is 0.683. The molecule has 1 nitrogen and oxygen atoms in total. The van der Waals surface area contributed by atoms with Crippen LogP contribution in [-0.2, 0) is 0 Å². The zero-order chi connectivity index (χ0) is 14.1. The van der Waals surface area contributed by atoms with E-state index in [2.05, 4.69) is 34.7 Å². The van der Waals surface area contributed by atoms with E-state index >= 15 is 0 Å². The lowest BCUT2D eigenvalue weighted by Crippen LogP contribution is -2.09. The van der Waals surface area contributed by atoms with E-state index in [4.69, 9.17) is 11.6 Å². The number of aliphatic hydroxyl groups excluding tert-OH is 1. The van der Waals surface area contributed by atoms with Gasteiger partial charge in [-0.25, -0.2) is 0 Å². The summed E-state index contributed by atoms with van der Waals surface area (Å²) in [4.78, 5) is 0. The fourth-order valence-corrected chi connectivity index (χ4v) is 3.12. The Morgan fingerprint density at radius 1 is 1.10 bits per heavy atom. The van der Waals surface area contributed by atoms with Crippen molar-refractivity contribution in [3.63, 3.8) is 0 Å². The van der Waals surface area contributed by atoms with Crippen LogP contribution in [0, 0.1) is 3.57 Å². The van der Waals surface area contributed by atoms with E-state index in [9.17, 15) is 5.11 Å². The Morgan fingerprint density at radius 2 is 1.85 bits per heavy atom. The van der Waals surface area contributed by atoms with Gasteiger partial charge in [-0.1, -0.05) is 48.4 Å². The van der Waals surface area contributed by atoms with Gasteiger partial charge < -0.3 is 5.11 Å². The molecule has 2 aromatic carbocycles. The molecular formula is C17H16ClIO. The molecule has 0 saturated heterocycles. The van der Waals surface area contributed by atoms with Crippen molar-refractivity contribution in [3.05, 3.63) is 67.7 Å². The second kappa shape index (κ2) is 6.04. The number of benzene rings is 2. The van der Waals surface area contributed by atoms with Crippen LogP contribution >= 0.6 is 34.2 Å². The van der Waals surface area contributed by atoms with Crippen molar-refractivity contribution in [2.45, 2.75) is 31.3 Å². The van der Waals surface area contributed by atoms with Crippen LogP contribution in [0.2, 0.25) is 5.02 Å². The minimum atomic E-state index is -0.607.